The molecule has 1 aliphatic heterocycles. The summed E-state index contributed by atoms with van der Waals surface area (Å²) in [6.07, 6.45) is -0.748. The van der Waals surface area contributed by atoms with E-state index in [0.29, 0.717) is 30.8 Å². The quantitative estimate of drug-likeness (QED) is 0.922. The lowest BCUT2D eigenvalue weighted by Gasteiger charge is -2.38. The van der Waals surface area contributed by atoms with Crippen molar-refractivity contribution in [1.82, 2.24) is 4.90 Å². The number of aliphatic hydroxyl groups excluding tert-OH is 1. The molecule has 1 aliphatic rings. The summed E-state index contributed by atoms with van der Waals surface area (Å²) < 4.78 is 36.2. The Labute approximate surface area is 125 Å². The minimum Gasteiger partial charge on any atom is -0.387 e. The van der Waals surface area contributed by atoms with Crippen LogP contribution >= 0.6 is 0 Å². The maximum Gasteiger partial charge on any atom is 0.157 e. The minimum atomic E-state index is -3.08. The Balaban J connectivity index is 2.09. The van der Waals surface area contributed by atoms with E-state index in [9.17, 15) is 17.9 Å². The van der Waals surface area contributed by atoms with Gasteiger partial charge in [-0.05, 0) is 44.0 Å². The van der Waals surface area contributed by atoms with Gasteiger partial charge in [0.05, 0.1) is 16.6 Å². The summed E-state index contributed by atoms with van der Waals surface area (Å²) in [5.41, 5.74) is 1.38. The third-order valence-electron chi connectivity index (χ3n) is 4.14. The first-order chi connectivity index (χ1) is 9.62. The zero-order valence-electron chi connectivity index (χ0n) is 12.6. The molecule has 0 aromatic heterocycles. The normalized spacial score (nSPS) is 22.9. The molecule has 0 radical (unpaired) electrons. The predicted molar refractivity (Wildman–Crippen MR) is 80.4 cm³/mol. The van der Waals surface area contributed by atoms with E-state index in [1.54, 1.807) is 26.8 Å². The maximum absolute atomic E-state index is 13.1. The second kappa shape index (κ2) is 5.66. The van der Waals surface area contributed by atoms with Gasteiger partial charge in [-0.3, -0.25) is 4.90 Å². The summed E-state index contributed by atoms with van der Waals surface area (Å²) in [6, 6.07) is 4.31. The number of benzene rings is 1. The third-order valence-corrected chi connectivity index (χ3v) is 6.68. The van der Waals surface area contributed by atoms with Crippen LogP contribution in [-0.4, -0.2) is 48.6 Å². The smallest absolute Gasteiger partial charge is 0.157 e. The first-order valence-corrected chi connectivity index (χ1v) is 8.66. The molecule has 0 bridgehead atoms. The van der Waals surface area contributed by atoms with Crippen molar-refractivity contribution < 1.29 is 17.9 Å². The van der Waals surface area contributed by atoms with E-state index in [4.69, 9.17) is 0 Å². The Bertz CT molecular complexity index is 628. The van der Waals surface area contributed by atoms with Crippen LogP contribution in [-0.2, 0) is 9.84 Å². The van der Waals surface area contributed by atoms with Gasteiger partial charge in [0.15, 0.2) is 9.84 Å². The third kappa shape index (κ3) is 3.44. The van der Waals surface area contributed by atoms with Gasteiger partial charge in [0.25, 0.3) is 0 Å². The molecule has 0 aliphatic carbocycles. The fourth-order valence-electron chi connectivity index (χ4n) is 2.75. The Kier molecular flexibility index (Phi) is 4.42. The molecule has 1 aromatic carbocycles. The number of aliphatic hydroxyl groups is 1. The Morgan fingerprint density at radius 1 is 1.43 bits per heavy atom. The highest BCUT2D eigenvalue weighted by atomic mass is 32.2. The molecule has 1 heterocycles. The van der Waals surface area contributed by atoms with Crippen LogP contribution in [0, 0.1) is 12.7 Å². The molecule has 0 saturated carbocycles. The maximum atomic E-state index is 13.1. The van der Waals surface area contributed by atoms with Crippen molar-refractivity contribution in [2.45, 2.75) is 31.6 Å². The van der Waals surface area contributed by atoms with Crippen molar-refractivity contribution in [1.29, 1.82) is 0 Å². The molecular formula is C15H22FNO3S. The molecule has 0 amide bonds. The van der Waals surface area contributed by atoms with Crippen molar-refractivity contribution in [2.75, 3.05) is 25.4 Å². The molecule has 6 heteroatoms. The second-order valence-electron chi connectivity index (χ2n) is 6.33. The van der Waals surface area contributed by atoms with Crippen molar-refractivity contribution in [3.05, 3.63) is 35.1 Å². The topological polar surface area (TPSA) is 57.6 Å². The van der Waals surface area contributed by atoms with E-state index < -0.39 is 20.7 Å². The van der Waals surface area contributed by atoms with E-state index in [2.05, 4.69) is 0 Å². The highest BCUT2D eigenvalue weighted by Gasteiger charge is 2.40. The number of rotatable bonds is 3. The van der Waals surface area contributed by atoms with Crippen LogP contribution in [0.25, 0.3) is 0 Å². The highest BCUT2D eigenvalue weighted by molar-refractivity contribution is 7.92. The van der Waals surface area contributed by atoms with Crippen LogP contribution in [0.4, 0.5) is 4.39 Å². The lowest BCUT2D eigenvalue weighted by Crippen LogP contribution is -2.53. The van der Waals surface area contributed by atoms with Gasteiger partial charge in [0, 0.05) is 19.6 Å². The molecule has 1 aromatic rings. The predicted octanol–water partition coefficient (Wildman–Crippen LogP) is 1.68. The zero-order chi connectivity index (χ0) is 15.8. The Morgan fingerprint density at radius 3 is 2.67 bits per heavy atom. The summed E-state index contributed by atoms with van der Waals surface area (Å²) in [5.74, 6) is -0.219. The largest absolute Gasteiger partial charge is 0.387 e. The van der Waals surface area contributed by atoms with Crippen molar-refractivity contribution in [2.24, 2.45) is 0 Å². The standard InChI is InChI=1S/C15H22FNO3S/c1-11-8-12(16)4-5-13(11)14(18)9-17-6-7-21(19,20)15(2,3)10-17/h4-5,8,14,18H,6-7,9-10H2,1-3H3. The van der Waals surface area contributed by atoms with E-state index in [-0.39, 0.29) is 11.6 Å². The van der Waals surface area contributed by atoms with Crippen LogP contribution in [0.3, 0.4) is 0 Å². The van der Waals surface area contributed by atoms with Gasteiger partial charge >= 0.3 is 0 Å². The van der Waals surface area contributed by atoms with E-state index in [1.807, 2.05) is 4.90 Å². The van der Waals surface area contributed by atoms with Gasteiger partial charge in [-0.15, -0.1) is 0 Å². The van der Waals surface area contributed by atoms with Gasteiger partial charge < -0.3 is 5.11 Å². The molecule has 1 saturated heterocycles. The first kappa shape index (κ1) is 16.4. The summed E-state index contributed by atoms with van der Waals surface area (Å²) >= 11 is 0. The molecule has 1 N–H and O–H groups in total. The van der Waals surface area contributed by atoms with Gasteiger partial charge in [0.1, 0.15) is 5.82 Å². The fourth-order valence-corrected chi connectivity index (χ4v) is 4.18. The van der Waals surface area contributed by atoms with Crippen LogP contribution in [0.2, 0.25) is 0 Å². The molecule has 118 valence electrons. The molecular weight excluding hydrogens is 293 g/mol. The number of hydrogen-bond donors (Lipinski definition) is 1. The van der Waals surface area contributed by atoms with Crippen LogP contribution in [0.5, 0.6) is 0 Å². The van der Waals surface area contributed by atoms with Gasteiger partial charge in [0.2, 0.25) is 0 Å². The van der Waals surface area contributed by atoms with Gasteiger partial charge in [-0.1, -0.05) is 6.07 Å². The monoisotopic (exact) mass is 315 g/mol. The fraction of sp³-hybridized carbons (Fsp3) is 0.600. The molecule has 21 heavy (non-hydrogen) atoms. The van der Waals surface area contributed by atoms with Crippen molar-refractivity contribution >= 4 is 9.84 Å². The number of sulfone groups is 1. The number of halogens is 1. The lowest BCUT2D eigenvalue weighted by molar-refractivity contribution is 0.108. The Morgan fingerprint density at radius 2 is 2.10 bits per heavy atom. The van der Waals surface area contributed by atoms with Gasteiger partial charge in [-0.25, -0.2) is 12.8 Å². The summed E-state index contributed by atoms with van der Waals surface area (Å²) in [4.78, 5) is 1.95. The average molecular weight is 315 g/mol. The number of aryl methyl sites for hydroxylation is 1. The molecule has 4 nitrogen and oxygen atoms in total. The average Bonchev–Trinajstić information content (AvgIpc) is 2.33. The number of nitrogens with zero attached hydrogens (tertiary/aromatic N) is 1. The SMILES string of the molecule is Cc1cc(F)ccc1C(O)CN1CCS(=O)(=O)C(C)(C)C1. The summed E-state index contributed by atoms with van der Waals surface area (Å²) in [5, 5.41) is 10.3. The summed E-state index contributed by atoms with van der Waals surface area (Å²) in [7, 11) is -3.08. The molecule has 0 spiro atoms. The first-order valence-electron chi connectivity index (χ1n) is 7.01. The molecule has 2 rings (SSSR count). The van der Waals surface area contributed by atoms with Crippen molar-refractivity contribution in [3.8, 4) is 0 Å². The van der Waals surface area contributed by atoms with Crippen LogP contribution in [0.15, 0.2) is 18.2 Å². The van der Waals surface area contributed by atoms with Crippen LogP contribution in [0.1, 0.15) is 31.1 Å². The summed E-state index contributed by atoms with van der Waals surface area (Å²) in [6.45, 7) is 6.35. The minimum absolute atomic E-state index is 0.106. The van der Waals surface area contributed by atoms with Crippen LogP contribution < -0.4 is 0 Å². The van der Waals surface area contributed by atoms with E-state index in [1.165, 1.54) is 12.1 Å². The number of β-amino-alcohol motifs (C(OH)–C–C–N with tert-alkyl or cyclic N) is 1. The van der Waals surface area contributed by atoms with Crippen molar-refractivity contribution in [3.63, 3.8) is 0 Å². The highest BCUT2D eigenvalue weighted by Crippen LogP contribution is 2.26. The molecule has 1 unspecified atom stereocenters. The lowest BCUT2D eigenvalue weighted by atomic mass is 10.0. The van der Waals surface area contributed by atoms with Gasteiger partial charge in [-0.2, -0.15) is 0 Å². The molecule has 1 fully saturated rings. The Hall–Kier alpha value is -0.980. The molecule has 1 atom stereocenters. The number of hydrogen-bond acceptors (Lipinski definition) is 4. The zero-order valence-corrected chi connectivity index (χ0v) is 13.5. The van der Waals surface area contributed by atoms with E-state index in [0.717, 1.165) is 0 Å². The van der Waals surface area contributed by atoms with E-state index >= 15 is 0 Å². The second-order valence-corrected chi connectivity index (χ2v) is 9.07.